The molecule has 0 spiro atoms. The Kier molecular flexibility index (Phi) is 5.51. The largest absolute Gasteiger partial charge is 0.289 e. The first-order valence-electron chi connectivity index (χ1n) is 12.3. The fourth-order valence-corrected chi connectivity index (χ4v) is 6.17. The number of benzene rings is 5. The molecule has 0 amide bonds. The summed E-state index contributed by atoms with van der Waals surface area (Å²) in [7, 11) is 0. The quantitative estimate of drug-likeness (QED) is 0.200. The van der Waals surface area contributed by atoms with E-state index in [9.17, 15) is 14.4 Å². The lowest BCUT2D eigenvalue weighted by Crippen LogP contribution is -2.23. The van der Waals surface area contributed by atoms with E-state index < -0.39 is 5.56 Å². The molecule has 0 radical (unpaired) electrons. The van der Waals surface area contributed by atoms with Gasteiger partial charge in [0.2, 0.25) is 0 Å². The average molecular weight is 635 g/mol. The summed E-state index contributed by atoms with van der Waals surface area (Å²) < 4.78 is 3.03. The molecule has 2 aliphatic rings. The van der Waals surface area contributed by atoms with E-state index >= 15 is 0 Å². The van der Waals surface area contributed by atoms with Crippen LogP contribution < -0.4 is 16.5 Å². The number of rotatable bonds is 3. The summed E-state index contributed by atoms with van der Waals surface area (Å²) in [6.45, 7) is 0. The molecule has 4 aromatic carbocycles. The first kappa shape index (κ1) is 23.9. The van der Waals surface area contributed by atoms with Crippen molar-refractivity contribution in [3.05, 3.63) is 143 Å². The van der Waals surface area contributed by atoms with Crippen molar-refractivity contribution in [3.8, 4) is 39.1 Å². The monoisotopic (exact) mass is 633 g/mol. The van der Waals surface area contributed by atoms with Crippen LogP contribution in [0.5, 0.6) is 0 Å². The fraction of sp³-hybridized carbons (Fsp3) is 0. The minimum absolute atomic E-state index is 0.126. The highest BCUT2D eigenvalue weighted by Crippen LogP contribution is 2.47. The molecule has 0 unspecified atom stereocenters. The molecule has 4 nitrogen and oxygen atoms in total. The van der Waals surface area contributed by atoms with Crippen LogP contribution in [-0.2, 0) is 0 Å². The van der Waals surface area contributed by atoms with Gasteiger partial charge in [0.25, 0.3) is 11.1 Å². The highest BCUT2D eigenvalue weighted by atomic mass is 79.9. The van der Waals surface area contributed by atoms with Crippen molar-refractivity contribution < 1.29 is 0 Å². The predicted octanol–water partition coefficient (Wildman–Crippen LogP) is 7.70. The lowest BCUT2D eigenvalue weighted by molar-refractivity contribution is 0.991. The Labute approximate surface area is 239 Å². The molecular formula is C33H17Br2NO3. The van der Waals surface area contributed by atoms with Gasteiger partial charge in [0.15, 0.2) is 5.43 Å². The molecule has 0 N–H and O–H groups in total. The first-order valence-corrected chi connectivity index (χ1v) is 13.9. The maximum atomic E-state index is 14.3. The molecule has 5 aromatic rings. The highest BCUT2D eigenvalue weighted by molar-refractivity contribution is 9.10. The molecule has 1 aromatic heterocycles. The van der Waals surface area contributed by atoms with E-state index in [4.69, 9.17) is 0 Å². The second kappa shape index (κ2) is 8.97. The maximum Gasteiger partial charge on any atom is 0.266 e. The standard InChI is InChI=1S/C33H17Br2NO3/c34-21-13-9-18(10-14-21)26-24-17-20-5-4-8-25(37)27(20)29(24)28(19-11-15-22(35)16-12-19)31-30(26)32(38)36(33(31)39)23-6-2-1-3-7-23/h1-17H. The second-order valence-electron chi connectivity index (χ2n) is 9.45. The molecule has 39 heavy (non-hydrogen) atoms. The minimum atomic E-state index is -0.405. The summed E-state index contributed by atoms with van der Waals surface area (Å²) in [5.74, 6) is 0. The van der Waals surface area contributed by atoms with Gasteiger partial charge in [-0.3, -0.25) is 14.4 Å². The zero-order chi connectivity index (χ0) is 26.8. The zero-order valence-electron chi connectivity index (χ0n) is 20.2. The van der Waals surface area contributed by atoms with Gasteiger partial charge in [-0.2, -0.15) is 0 Å². The third kappa shape index (κ3) is 3.59. The second-order valence-corrected chi connectivity index (χ2v) is 11.3. The van der Waals surface area contributed by atoms with Crippen LogP contribution in [0.2, 0.25) is 0 Å². The summed E-state index contributed by atoms with van der Waals surface area (Å²) in [4.78, 5) is 41.9. The topological polar surface area (TPSA) is 56.1 Å². The van der Waals surface area contributed by atoms with E-state index in [0.717, 1.165) is 31.0 Å². The number of nitrogens with zero attached hydrogens (tertiary/aromatic N) is 1. The van der Waals surface area contributed by atoms with E-state index in [1.165, 1.54) is 4.57 Å². The Morgan fingerprint density at radius 1 is 0.487 bits per heavy atom. The smallest absolute Gasteiger partial charge is 0.266 e. The van der Waals surface area contributed by atoms with Crippen molar-refractivity contribution in [2.75, 3.05) is 0 Å². The highest BCUT2D eigenvalue weighted by Gasteiger charge is 2.29. The Morgan fingerprint density at radius 3 is 1.67 bits per heavy atom. The van der Waals surface area contributed by atoms with Crippen LogP contribution in [0.1, 0.15) is 0 Å². The van der Waals surface area contributed by atoms with Crippen LogP contribution in [-0.4, -0.2) is 4.57 Å². The van der Waals surface area contributed by atoms with E-state index in [-0.39, 0.29) is 11.0 Å². The van der Waals surface area contributed by atoms with Crippen molar-refractivity contribution in [1.82, 2.24) is 4.57 Å². The summed E-state index contributed by atoms with van der Waals surface area (Å²) in [6.07, 6.45) is 0. The van der Waals surface area contributed by atoms with Crippen molar-refractivity contribution >= 4 is 53.4 Å². The summed E-state index contributed by atoms with van der Waals surface area (Å²) in [5, 5.41) is 2.11. The van der Waals surface area contributed by atoms with Gasteiger partial charge in [-0.25, -0.2) is 4.57 Å². The van der Waals surface area contributed by atoms with Gasteiger partial charge in [0, 0.05) is 31.0 Å². The van der Waals surface area contributed by atoms with Gasteiger partial charge in [0.1, 0.15) is 0 Å². The number of aromatic nitrogens is 1. The zero-order valence-corrected chi connectivity index (χ0v) is 23.4. The van der Waals surface area contributed by atoms with Crippen LogP contribution in [0.3, 0.4) is 0 Å². The summed E-state index contributed by atoms with van der Waals surface area (Å²) in [6, 6.07) is 31.4. The van der Waals surface area contributed by atoms with Crippen molar-refractivity contribution in [2.24, 2.45) is 0 Å². The number of hydrogen-bond donors (Lipinski definition) is 0. The van der Waals surface area contributed by atoms with Crippen LogP contribution in [0.25, 0.3) is 60.6 Å². The van der Waals surface area contributed by atoms with Crippen molar-refractivity contribution in [1.29, 1.82) is 0 Å². The lowest BCUT2D eigenvalue weighted by atomic mass is 9.88. The van der Waals surface area contributed by atoms with E-state index in [1.807, 2.05) is 66.7 Å². The molecule has 0 aliphatic heterocycles. The molecule has 0 saturated carbocycles. The lowest BCUT2D eigenvalue weighted by Gasteiger charge is -2.13. The SMILES string of the molecule is O=c1cccc2cc3c(-c4ccc(Br)cc4)c4c(=O)n(-c5ccccc5)c(=O)c4c(-c4ccc(Br)cc4)c3c1-2. The average Bonchev–Trinajstić information content (AvgIpc) is 3.45. The van der Waals surface area contributed by atoms with E-state index in [0.29, 0.717) is 38.5 Å². The third-order valence-corrected chi connectivity index (χ3v) is 8.32. The summed E-state index contributed by atoms with van der Waals surface area (Å²) >= 11 is 7.00. The molecule has 186 valence electrons. The molecular weight excluding hydrogens is 618 g/mol. The molecule has 1 heterocycles. The molecule has 0 saturated heterocycles. The Balaban J connectivity index is 1.81. The molecule has 6 heteroatoms. The van der Waals surface area contributed by atoms with Crippen LogP contribution >= 0.6 is 31.9 Å². The van der Waals surface area contributed by atoms with Gasteiger partial charge >= 0.3 is 0 Å². The maximum absolute atomic E-state index is 14.3. The normalized spacial score (nSPS) is 11.6. The van der Waals surface area contributed by atoms with Gasteiger partial charge < -0.3 is 0 Å². The molecule has 0 atom stereocenters. The summed E-state index contributed by atoms with van der Waals surface area (Å²) in [5.41, 5.74) is 3.71. The fourth-order valence-electron chi connectivity index (χ4n) is 5.64. The number of fused-ring (bicyclic) bond motifs is 4. The molecule has 7 rings (SSSR count). The van der Waals surface area contributed by atoms with Crippen molar-refractivity contribution in [3.63, 3.8) is 0 Å². The van der Waals surface area contributed by atoms with Crippen molar-refractivity contribution in [2.45, 2.75) is 0 Å². The Bertz CT molecular complexity index is 2170. The third-order valence-electron chi connectivity index (χ3n) is 7.26. The predicted molar refractivity (Wildman–Crippen MR) is 165 cm³/mol. The van der Waals surface area contributed by atoms with E-state index in [1.54, 1.807) is 36.4 Å². The molecule has 0 fully saturated rings. The number of hydrogen-bond acceptors (Lipinski definition) is 3. The van der Waals surface area contributed by atoms with Crippen LogP contribution in [0, 0.1) is 0 Å². The van der Waals surface area contributed by atoms with Gasteiger partial charge in [0.05, 0.1) is 16.5 Å². The minimum Gasteiger partial charge on any atom is -0.289 e. The van der Waals surface area contributed by atoms with Gasteiger partial charge in [-0.15, -0.1) is 0 Å². The van der Waals surface area contributed by atoms with Crippen LogP contribution in [0.4, 0.5) is 0 Å². The van der Waals surface area contributed by atoms with E-state index in [2.05, 4.69) is 31.9 Å². The molecule has 2 aliphatic carbocycles. The number of halogens is 2. The van der Waals surface area contributed by atoms with Crippen LogP contribution in [0.15, 0.2) is 126 Å². The molecule has 0 bridgehead atoms. The van der Waals surface area contributed by atoms with Gasteiger partial charge in [-0.05, 0) is 70.6 Å². The number of para-hydroxylation sites is 1. The van der Waals surface area contributed by atoms with Gasteiger partial charge in [-0.1, -0.05) is 86.5 Å². The Hall–Kier alpha value is -4.13. The first-order chi connectivity index (χ1) is 18.9. The Morgan fingerprint density at radius 2 is 1.05 bits per heavy atom.